The van der Waals surface area contributed by atoms with Gasteiger partial charge >= 0.3 is 0 Å². The van der Waals surface area contributed by atoms with Gasteiger partial charge in [0, 0.05) is 50.5 Å². The van der Waals surface area contributed by atoms with E-state index in [4.69, 9.17) is 47.9 Å². The molecule has 0 fully saturated rings. The lowest BCUT2D eigenvalue weighted by atomic mass is 10.1. The molecule has 0 amide bonds. The molecule has 0 aliphatic rings. The molecule has 0 unspecified atom stereocenters. The van der Waals surface area contributed by atoms with E-state index in [1.165, 1.54) is 0 Å². The van der Waals surface area contributed by atoms with Gasteiger partial charge in [-0.25, -0.2) is 9.97 Å². The van der Waals surface area contributed by atoms with Gasteiger partial charge in [0.2, 0.25) is 11.5 Å². The molecule has 2 heterocycles. The minimum absolute atomic E-state index is 0.501. The molecule has 0 spiro atoms. The number of rotatable bonds is 24. The molecular formula is C43H57N5O8. The molecule has 13 nitrogen and oxygen atoms in total. The van der Waals surface area contributed by atoms with E-state index in [1.54, 1.807) is 14.2 Å². The number of hydrogen-bond acceptors (Lipinski definition) is 11. The molecule has 13 heteroatoms. The van der Waals surface area contributed by atoms with Crippen LogP contribution in [0, 0.1) is 0 Å². The largest absolute Gasteiger partial charge is 0.497 e. The van der Waals surface area contributed by atoms with Gasteiger partial charge in [-0.2, -0.15) is 0 Å². The first-order chi connectivity index (χ1) is 27.4. The summed E-state index contributed by atoms with van der Waals surface area (Å²) in [6.07, 6.45) is 7.67. The molecule has 5 rings (SSSR count). The van der Waals surface area contributed by atoms with Crippen LogP contribution in [0.25, 0.3) is 0 Å². The Kier molecular flexibility index (Phi) is 15.6. The fraction of sp³-hybridized carbons (Fsp3) is 0.442. The Labute approximate surface area is 331 Å². The number of aromatic nitrogens is 4. The van der Waals surface area contributed by atoms with Crippen molar-refractivity contribution < 1.29 is 37.9 Å². The summed E-state index contributed by atoms with van der Waals surface area (Å²) in [7, 11) is 3.32. The number of nitrogens with zero attached hydrogens (tertiary/aromatic N) is 5. The maximum Gasteiger partial charge on any atom is 0.203 e. The molecule has 0 saturated carbocycles. The predicted molar refractivity (Wildman–Crippen MR) is 215 cm³/mol. The van der Waals surface area contributed by atoms with Crippen molar-refractivity contribution in [3.05, 3.63) is 95.6 Å². The van der Waals surface area contributed by atoms with Gasteiger partial charge in [0.25, 0.3) is 0 Å². The zero-order valence-corrected chi connectivity index (χ0v) is 34.1. The zero-order valence-electron chi connectivity index (χ0n) is 34.1. The van der Waals surface area contributed by atoms with Crippen LogP contribution in [0.4, 0.5) is 0 Å². The van der Waals surface area contributed by atoms with Crippen LogP contribution in [-0.4, -0.2) is 77.9 Å². The predicted octanol–water partition coefficient (Wildman–Crippen LogP) is 7.79. The standard InChI is InChI=1S/C43H57N5O8/c1-9-51-36-21-32(22-37(52-10-2)42(36)55-13-5)27-47-17-15-44-40(47)29-46(26-31-19-34(49-7)25-35(20-31)50-8)30-41-45-16-18-48(41)28-33-23-38(53-11-3)43(56-14-6)39(24-33)54-12-4/h15-25H,9-14,26-30H2,1-8H3. The molecule has 0 aliphatic heterocycles. The average molecular weight is 772 g/mol. The third-order valence-electron chi connectivity index (χ3n) is 8.79. The molecule has 302 valence electrons. The van der Waals surface area contributed by atoms with Gasteiger partial charge in [0.05, 0.1) is 67.0 Å². The fourth-order valence-electron chi connectivity index (χ4n) is 6.52. The Hall–Kier alpha value is -5.56. The highest BCUT2D eigenvalue weighted by Crippen LogP contribution is 2.41. The highest BCUT2D eigenvalue weighted by atomic mass is 16.5. The third kappa shape index (κ3) is 10.8. The first-order valence-corrected chi connectivity index (χ1v) is 19.4. The Balaban J connectivity index is 1.47. The van der Waals surface area contributed by atoms with Gasteiger partial charge in [0.1, 0.15) is 23.1 Å². The minimum atomic E-state index is 0.501. The molecule has 0 radical (unpaired) electrons. The van der Waals surface area contributed by atoms with Gasteiger partial charge in [-0.1, -0.05) is 0 Å². The van der Waals surface area contributed by atoms with Gasteiger partial charge in [-0.3, -0.25) is 4.90 Å². The molecule has 0 aliphatic carbocycles. The smallest absolute Gasteiger partial charge is 0.203 e. The van der Waals surface area contributed by atoms with E-state index in [0.29, 0.717) is 107 Å². The summed E-state index contributed by atoms with van der Waals surface area (Å²) in [6, 6.07) is 14.0. The number of imidazole rings is 2. The number of benzene rings is 3. The fourth-order valence-corrected chi connectivity index (χ4v) is 6.52. The zero-order chi connectivity index (χ0) is 39.9. The van der Waals surface area contributed by atoms with Crippen LogP contribution in [0.1, 0.15) is 69.9 Å². The molecule has 3 aromatic carbocycles. The van der Waals surface area contributed by atoms with E-state index in [9.17, 15) is 0 Å². The van der Waals surface area contributed by atoms with E-state index in [0.717, 1.165) is 39.8 Å². The van der Waals surface area contributed by atoms with Crippen molar-refractivity contribution in [3.63, 3.8) is 0 Å². The van der Waals surface area contributed by atoms with Crippen molar-refractivity contribution in [3.8, 4) is 46.0 Å². The maximum absolute atomic E-state index is 6.01. The lowest BCUT2D eigenvalue weighted by Crippen LogP contribution is -2.26. The Bertz CT molecular complexity index is 1790. The van der Waals surface area contributed by atoms with E-state index in [1.807, 2.05) is 109 Å². The van der Waals surface area contributed by atoms with Crippen molar-refractivity contribution in [1.29, 1.82) is 0 Å². The van der Waals surface area contributed by atoms with Crippen LogP contribution in [0.3, 0.4) is 0 Å². The monoisotopic (exact) mass is 771 g/mol. The summed E-state index contributed by atoms with van der Waals surface area (Å²) in [6.45, 7) is 17.5. The quantitative estimate of drug-likeness (QED) is 0.0613. The SMILES string of the molecule is CCOc1cc(Cn2ccnc2CN(Cc2cc(OC)cc(OC)c2)Cc2nccn2Cc2cc(OCC)c(OCC)c(OCC)c2)cc(OCC)c1OCC. The number of hydrogen-bond donors (Lipinski definition) is 0. The molecule has 0 atom stereocenters. The van der Waals surface area contributed by atoms with Crippen LogP contribution < -0.4 is 37.9 Å². The molecule has 5 aromatic rings. The van der Waals surface area contributed by atoms with E-state index >= 15 is 0 Å². The van der Waals surface area contributed by atoms with Crippen molar-refractivity contribution in [2.24, 2.45) is 0 Å². The Morgan fingerprint density at radius 3 is 1.18 bits per heavy atom. The van der Waals surface area contributed by atoms with Gasteiger partial charge < -0.3 is 47.0 Å². The summed E-state index contributed by atoms with van der Waals surface area (Å²) in [5.41, 5.74) is 3.04. The van der Waals surface area contributed by atoms with Crippen molar-refractivity contribution in [1.82, 2.24) is 24.0 Å². The van der Waals surface area contributed by atoms with Crippen molar-refractivity contribution in [2.45, 2.75) is 74.3 Å². The first-order valence-electron chi connectivity index (χ1n) is 19.4. The topological polar surface area (TPSA) is 113 Å². The van der Waals surface area contributed by atoms with E-state index in [-0.39, 0.29) is 0 Å². The summed E-state index contributed by atoms with van der Waals surface area (Å²) in [4.78, 5) is 12.0. The van der Waals surface area contributed by atoms with Gasteiger partial charge in [-0.15, -0.1) is 0 Å². The number of ether oxygens (including phenoxy) is 8. The lowest BCUT2D eigenvalue weighted by Gasteiger charge is -2.24. The molecule has 0 saturated heterocycles. The first kappa shape index (κ1) is 41.6. The Morgan fingerprint density at radius 1 is 0.464 bits per heavy atom. The summed E-state index contributed by atoms with van der Waals surface area (Å²) in [5, 5.41) is 0. The molecule has 0 N–H and O–H groups in total. The van der Waals surface area contributed by atoms with Gasteiger partial charge in [0.15, 0.2) is 23.0 Å². The second kappa shape index (κ2) is 20.9. The van der Waals surface area contributed by atoms with Crippen molar-refractivity contribution >= 4 is 0 Å². The highest BCUT2D eigenvalue weighted by Gasteiger charge is 2.20. The summed E-state index contributed by atoms with van der Waals surface area (Å²) < 4.78 is 51.5. The summed E-state index contributed by atoms with van der Waals surface area (Å²) >= 11 is 0. The van der Waals surface area contributed by atoms with Crippen molar-refractivity contribution in [2.75, 3.05) is 53.9 Å². The minimum Gasteiger partial charge on any atom is -0.497 e. The van der Waals surface area contributed by atoms with Crippen LogP contribution in [0.15, 0.2) is 67.3 Å². The van der Waals surface area contributed by atoms with E-state index in [2.05, 4.69) is 14.0 Å². The lowest BCUT2D eigenvalue weighted by molar-refractivity contribution is 0.228. The van der Waals surface area contributed by atoms with Crippen LogP contribution in [0.5, 0.6) is 46.0 Å². The van der Waals surface area contributed by atoms with Gasteiger partial charge in [-0.05, 0) is 94.6 Å². The third-order valence-corrected chi connectivity index (χ3v) is 8.79. The summed E-state index contributed by atoms with van der Waals surface area (Å²) in [5.74, 6) is 7.09. The highest BCUT2D eigenvalue weighted by molar-refractivity contribution is 5.55. The molecule has 2 aromatic heterocycles. The van der Waals surface area contributed by atoms with E-state index < -0.39 is 0 Å². The van der Waals surface area contributed by atoms with Crippen LogP contribution in [-0.2, 0) is 32.7 Å². The molecule has 0 bridgehead atoms. The van der Waals surface area contributed by atoms with Crippen LogP contribution in [0.2, 0.25) is 0 Å². The molecular weight excluding hydrogens is 714 g/mol. The normalized spacial score (nSPS) is 11.1. The second-order valence-electron chi connectivity index (χ2n) is 12.7. The maximum atomic E-state index is 6.01. The number of methoxy groups -OCH3 is 2. The van der Waals surface area contributed by atoms with Crippen LogP contribution >= 0.6 is 0 Å². The average Bonchev–Trinajstić information content (AvgIpc) is 3.82. The Morgan fingerprint density at radius 2 is 0.839 bits per heavy atom. The second-order valence-corrected chi connectivity index (χ2v) is 12.7. The molecule has 56 heavy (non-hydrogen) atoms.